The summed E-state index contributed by atoms with van der Waals surface area (Å²) in [5, 5.41) is 5.65. The van der Waals surface area contributed by atoms with Gasteiger partial charge in [0.05, 0.1) is 13.3 Å². The number of carbonyl (C=O) groups is 1. The van der Waals surface area contributed by atoms with Crippen molar-refractivity contribution in [3.8, 4) is 0 Å². The van der Waals surface area contributed by atoms with Gasteiger partial charge < -0.3 is 14.5 Å². The Morgan fingerprint density at radius 3 is 2.57 bits per heavy atom. The van der Waals surface area contributed by atoms with Gasteiger partial charge in [0.1, 0.15) is 5.65 Å². The second-order valence-electron chi connectivity index (χ2n) is 4.75. The zero-order chi connectivity index (χ0) is 16.2. The van der Waals surface area contributed by atoms with Gasteiger partial charge in [0.15, 0.2) is 5.82 Å². The van der Waals surface area contributed by atoms with E-state index in [0.29, 0.717) is 5.82 Å². The summed E-state index contributed by atoms with van der Waals surface area (Å²) in [5.74, 6) is 0.456. The summed E-state index contributed by atoms with van der Waals surface area (Å²) in [6, 6.07) is 12.1. The van der Waals surface area contributed by atoms with Crippen LogP contribution < -0.4 is 10.6 Å². The van der Waals surface area contributed by atoms with E-state index in [0.717, 1.165) is 21.1 Å². The minimum Gasteiger partial charge on any atom is -0.453 e. The summed E-state index contributed by atoms with van der Waals surface area (Å²) < 4.78 is 6.43. The number of hydrogen-bond acceptors (Lipinski definition) is 5. The number of pyridine rings is 1. The Bertz CT molecular complexity index is 830. The van der Waals surface area contributed by atoms with Gasteiger partial charge in [0.25, 0.3) is 0 Å². The number of amides is 1. The molecule has 1 aromatic carbocycles. The molecule has 0 unspecified atom stereocenters. The molecular weight excluding hydrogens is 312 g/mol. The third-order valence-electron chi connectivity index (χ3n) is 3.22. The first-order valence-corrected chi connectivity index (χ1v) is 7.79. The van der Waals surface area contributed by atoms with E-state index in [1.54, 1.807) is 18.0 Å². The molecule has 3 rings (SSSR count). The number of nitrogens with zero attached hydrogens (tertiary/aromatic N) is 2. The second-order valence-corrected chi connectivity index (χ2v) is 5.90. The number of hydrogen-bond donors (Lipinski definition) is 2. The molecular formula is C16H16N4O2S. The lowest BCUT2D eigenvalue weighted by atomic mass is 10.3. The van der Waals surface area contributed by atoms with Crippen molar-refractivity contribution in [1.82, 2.24) is 9.38 Å². The molecule has 0 radical (unpaired) electrons. The number of nitrogens with one attached hydrogen (secondary N) is 2. The largest absolute Gasteiger partial charge is 0.453 e. The van der Waals surface area contributed by atoms with Crippen LogP contribution in [-0.4, -0.2) is 29.6 Å². The number of fused-ring (bicyclic) bond motifs is 1. The fourth-order valence-electron chi connectivity index (χ4n) is 2.07. The highest BCUT2D eigenvalue weighted by Gasteiger charge is 2.07. The maximum Gasteiger partial charge on any atom is 0.412 e. The number of aromatic nitrogens is 2. The fraction of sp³-hybridized carbons (Fsp3) is 0.125. The second kappa shape index (κ2) is 6.62. The summed E-state index contributed by atoms with van der Waals surface area (Å²) in [7, 11) is 3.22. The van der Waals surface area contributed by atoms with E-state index >= 15 is 0 Å². The maximum absolute atomic E-state index is 11.2. The van der Waals surface area contributed by atoms with Crippen LogP contribution in [0.25, 0.3) is 5.65 Å². The van der Waals surface area contributed by atoms with Crippen LogP contribution in [0.15, 0.2) is 58.6 Å². The molecule has 0 aliphatic rings. The van der Waals surface area contributed by atoms with Gasteiger partial charge in [0.2, 0.25) is 0 Å². The van der Waals surface area contributed by atoms with Gasteiger partial charge in [-0.15, -0.1) is 0 Å². The molecule has 0 bridgehead atoms. The van der Waals surface area contributed by atoms with Crippen LogP contribution in [-0.2, 0) is 4.74 Å². The quantitative estimate of drug-likeness (QED) is 0.764. The van der Waals surface area contributed by atoms with Gasteiger partial charge in [-0.1, -0.05) is 11.8 Å². The van der Waals surface area contributed by atoms with Crippen molar-refractivity contribution in [2.75, 3.05) is 24.8 Å². The minimum atomic E-state index is -0.535. The molecule has 2 N–H and O–H groups in total. The molecule has 6 nitrogen and oxygen atoms in total. The fourth-order valence-corrected chi connectivity index (χ4v) is 2.92. The van der Waals surface area contributed by atoms with Crippen LogP contribution in [0.4, 0.5) is 16.3 Å². The summed E-state index contributed by atoms with van der Waals surface area (Å²) in [5.41, 5.74) is 1.84. The van der Waals surface area contributed by atoms with E-state index in [1.807, 2.05) is 41.9 Å². The number of ether oxygens (including phenoxy) is 1. The Morgan fingerprint density at radius 1 is 1.13 bits per heavy atom. The van der Waals surface area contributed by atoms with E-state index in [1.165, 1.54) is 7.11 Å². The van der Waals surface area contributed by atoms with Crippen molar-refractivity contribution in [2.45, 2.75) is 9.79 Å². The molecule has 0 aliphatic heterocycles. The van der Waals surface area contributed by atoms with Crippen molar-refractivity contribution in [1.29, 1.82) is 0 Å². The first kappa shape index (κ1) is 15.2. The molecule has 0 saturated carbocycles. The van der Waals surface area contributed by atoms with Crippen LogP contribution in [0.3, 0.4) is 0 Å². The van der Waals surface area contributed by atoms with E-state index < -0.39 is 6.09 Å². The van der Waals surface area contributed by atoms with Crippen molar-refractivity contribution < 1.29 is 9.53 Å². The zero-order valence-corrected chi connectivity index (χ0v) is 13.6. The lowest BCUT2D eigenvalue weighted by molar-refractivity contribution is 0.187. The van der Waals surface area contributed by atoms with Crippen molar-refractivity contribution in [3.05, 3.63) is 48.8 Å². The predicted octanol–water partition coefficient (Wildman–Crippen LogP) is 3.71. The first-order chi connectivity index (χ1) is 11.2. The van der Waals surface area contributed by atoms with Crippen LogP contribution >= 0.6 is 11.8 Å². The van der Waals surface area contributed by atoms with Crippen LogP contribution in [0.5, 0.6) is 0 Å². The zero-order valence-electron chi connectivity index (χ0n) is 12.7. The molecule has 0 spiro atoms. The standard InChI is InChI=1S/C16H16N4O2S/c1-17-11-3-5-12(6-4-11)23-13-7-8-15-18-14(10-20(15)9-13)19-16(21)22-2/h3-10,17H,1-2H3,(H,19,21). The number of anilines is 2. The normalized spacial score (nSPS) is 10.5. The van der Waals surface area contributed by atoms with E-state index in [4.69, 9.17) is 0 Å². The molecule has 118 valence electrons. The van der Waals surface area contributed by atoms with E-state index in [9.17, 15) is 4.79 Å². The van der Waals surface area contributed by atoms with Gasteiger partial charge in [0, 0.05) is 28.7 Å². The van der Waals surface area contributed by atoms with E-state index in [-0.39, 0.29) is 0 Å². The van der Waals surface area contributed by atoms with Gasteiger partial charge in [-0.25, -0.2) is 9.78 Å². The lowest BCUT2D eigenvalue weighted by Gasteiger charge is -2.04. The molecule has 23 heavy (non-hydrogen) atoms. The van der Waals surface area contributed by atoms with Crippen LogP contribution in [0, 0.1) is 0 Å². The first-order valence-electron chi connectivity index (χ1n) is 6.97. The Labute approximate surface area is 137 Å². The van der Waals surface area contributed by atoms with Gasteiger partial charge >= 0.3 is 6.09 Å². The van der Waals surface area contributed by atoms with Gasteiger partial charge in [-0.05, 0) is 36.4 Å². The van der Waals surface area contributed by atoms with Crippen molar-refractivity contribution in [3.63, 3.8) is 0 Å². The summed E-state index contributed by atoms with van der Waals surface area (Å²) in [4.78, 5) is 17.8. The summed E-state index contributed by atoms with van der Waals surface area (Å²) in [6.07, 6.45) is 3.19. The molecule has 0 aliphatic carbocycles. The third kappa shape index (κ3) is 3.57. The van der Waals surface area contributed by atoms with Crippen molar-refractivity contribution >= 4 is 35.0 Å². The number of benzene rings is 1. The highest BCUT2D eigenvalue weighted by Crippen LogP contribution is 2.29. The Balaban J connectivity index is 1.80. The molecule has 0 atom stereocenters. The third-order valence-corrected chi connectivity index (χ3v) is 4.20. The highest BCUT2D eigenvalue weighted by molar-refractivity contribution is 7.99. The molecule has 2 heterocycles. The van der Waals surface area contributed by atoms with Gasteiger partial charge in [-0.3, -0.25) is 5.32 Å². The summed E-state index contributed by atoms with van der Waals surface area (Å²) in [6.45, 7) is 0. The summed E-state index contributed by atoms with van der Waals surface area (Å²) >= 11 is 1.66. The molecule has 0 saturated heterocycles. The molecule has 2 aromatic heterocycles. The minimum absolute atomic E-state index is 0.456. The number of methoxy groups -OCH3 is 1. The van der Waals surface area contributed by atoms with E-state index in [2.05, 4.69) is 32.5 Å². The number of rotatable bonds is 4. The number of imidazole rings is 1. The molecule has 7 heteroatoms. The predicted molar refractivity (Wildman–Crippen MR) is 91.3 cm³/mol. The Hall–Kier alpha value is -2.67. The molecule has 3 aromatic rings. The maximum atomic E-state index is 11.2. The topological polar surface area (TPSA) is 67.7 Å². The average Bonchev–Trinajstić information content (AvgIpc) is 2.96. The highest BCUT2D eigenvalue weighted by atomic mass is 32.2. The molecule has 1 amide bonds. The van der Waals surface area contributed by atoms with Crippen LogP contribution in [0.1, 0.15) is 0 Å². The Kier molecular flexibility index (Phi) is 4.38. The lowest BCUT2D eigenvalue weighted by Crippen LogP contribution is -2.10. The SMILES string of the molecule is CNc1ccc(Sc2ccc3nc(NC(=O)OC)cn3c2)cc1. The smallest absolute Gasteiger partial charge is 0.412 e. The van der Waals surface area contributed by atoms with Gasteiger partial charge in [-0.2, -0.15) is 0 Å². The van der Waals surface area contributed by atoms with Crippen molar-refractivity contribution in [2.24, 2.45) is 0 Å². The number of carbonyl (C=O) groups excluding carboxylic acids is 1. The Morgan fingerprint density at radius 2 is 1.87 bits per heavy atom. The van der Waals surface area contributed by atoms with Crippen LogP contribution in [0.2, 0.25) is 0 Å². The average molecular weight is 328 g/mol. The monoisotopic (exact) mass is 328 g/mol. The molecule has 0 fully saturated rings.